The molecule has 0 saturated heterocycles. The number of benzene rings is 4. The monoisotopic (exact) mass is 366 g/mol. The highest BCUT2D eigenvalue weighted by atomic mass is 16.1. The lowest BCUT2D eigenvalue weighted by molar-refractivity contribution is 0.112. The zero-order valence-corrected chi connectivity index (χ0v) is 17.3. The molecule has 0 aliphatic rings. The van der Waals surface area contributed by atoms with Crippen molar-refractivity contribution in [2.75, 3.05) is 0 Å². The van der Waals surface area contributed by atoms with Crippen LogP contribution in [0.4, 0.5) is 0 Å². The molecule has 0 radical (unpaired) electrons. The largest absolute Gasteiger partial charge is 0.298 e. The van der Waals surface area contributed by atoms with E-state index in [2.05, 4.69) is 83.1 Å². The number of carbonyl (C=O) groups excluding carboxylic acids is 1. The van der Waals surface area contributed by atoms with Crippen LogP contribution in [-0.2, 0) is 5.41 Å². The minimum absolute atomic E-state index is 0.111. The molecule has 0 atom stereocenters. The third kappa shape index (κ3) is 2.82. The highest BCUT2D eigenvalue weighted by Crippen LogP contribution is 2.42. The summed E-state index contributed by atoms with van der Waals surface area (Å²) in [4.78, 5) is 12.0. The van der Waals surface area contributed by atoms with Crippen molar-refractivity contribution in [1.29, 1.82) is 0 Å². The zero-order valence-electron chi connectivity index (χ0n) is 17.3. The molecule has 4 aromatic rings. The number of carbonyl (C=O) groups is 1. The Balaban J connectivity index is 2.20. The van der Waals surface area contributed by atoms with E-state index >= 15 is 0 Å². The van der Waals surface area contributed by atoms with Gasteiger partial charge in [-0.25, -0.2) is 0 Å². The molecule has 1 nitrogen and oxygen atoms in total. The molecule has 0 aliphatic carbocycles. The van der Waals surface area contributed by atoms with E-state index in [0.29, 0.717) is 0 Å². The molecule has 4 rings (SSSR count). The molecule has 0 unspecified atom stereocenters. The predicted molar refractivity (Wildman–Crippen MR) is 120 cm³/mol. The molecular weight excluding hydrogens is 340 g/mol. The van der Waals surface area contributed by atoms with Gasteiger partial charge < -0.3 is 0 Å². The molecule has 0 spiro atoms. The van der Waals surface area contributed by atoms with Gasteiger partial charge in [0.05, 0.1) is 0 Å². The van der Waals surface area contributed by atoms with Gasteiger partial charge in [0.1, 0.15) is 0 Å². The van der Waals surface area contributed by atoms with Crippen molar-refractivity contribution in [3.05, 3.63) is 82.9 Å². The molecule has 28 heavy (non-hydrogen) atoms. The van der Waals surface area contributed by atoms with Gasteiger partial charge in [-0.2, -0.15) is 0 Å². The fraction of sp³-hybridized carbons (Fsp3) is 0.222. The summed E-state index contributed by atoms with van der Waals surface area (Å²) in [5.74, 6) is 0. The maximum atomic E-state index is 12.0. The number of aryl methyl sites for hydroxylation is 2. The Labute approximate surface area is 167 Å². The normalized spacial score (nSPS) is 11.9. The second-order valence-electron chi connectivity index (χ2n) is 8.73. The Morgan fingerprint density at radius 2 is 1.11 bits per heavy atom. The van der Waals surface area contributed by atoms with Crippen molar-refractivity contribution in [3.8, 4) is 11.1 Å². The molecule has 4 aromatic carbocycles. The fourth-order valence-electron chi connectivity index (χ4n) is 4.35. The highest BCUT2D eigenvalue weighted by molar-refractivity contribution is 6.21. The molecule has 0 bridgehead atoms. The highest BCUT2D eigenvalue weighted by Gasteiger charge is 2.20. The minimum Gasteiger partial charge on any atom is -0.298 e. The summed E-state index contributed by atoms with van der Waals surface area (Å²) in [5, 5.41) is 4.31. The summed E-state index contributed by atoms with van der Waals surface area (Å²) < 4.78 is 0. The Morgan fingerprint density at radius 1 is 0.679 bits per heavy atom. The first kappa shape index (κ1) is 18.4. The third-order valence-corrected chi connectivity index (χ3v) is 5.74. The van der Waals surface area contributed by atoms with Gasteiger partial charge in [-0.1, -0.05) is 81.4 Å². The summed E-state index contributed by atoms with van der Waals surface area (Å²) in [5.41, 5.74) is 7.30. The van der Waals surface area contributed by atoms with E-state index in [-0.39, 0.29) is 5.41 Å². The van der Waals surface area contributed by atoms with Gasteiger partial charge in [0, 0.05) is 5.56 Å². The van der Waals surface area contributed by atoms with E-state index in [4.69, 9.17) is 0 Å². The Morgan fingerprint density at radius 3 is 1.50 bits per heavy atom. The number of hydrogen-bond donors (Lipinski definition) is 0. The Kier molecular flexibility index (Phi) is 4.34. The maximum Gasteiger partial charge on any atom is 0.151 e. The topological polar surface area (TPSA) is 17.1 Å². The minimum atomic E-state index is 0.111. The van der Waals surface area contributed by atoms with Crippen LogP contribution in [0.1, 0.15) is 47.8 Å². The third-order valence-electron chi connectivity index (χ3n) is 5.74. The van der Waals surface area contributed by atoms with E-state index in [0.717, 1.165) is 33.4 Å². The number of aldehydes is 1. The van der Waals surface area contributed by atoms with Crippen molar-refractivity contribution in [2.24, 2.45) is 0 Å². The van der Waals surface area contributed by atoms with Gasteiger partial charge in [-0.15, -0.1) is 0 Å². The molecule has 0 amide bonds. The molecule has 0 heterocycles. The van der Waals surface area contributed by atoms with Gasteiger partial charge in [0.2, 0.25) is 0 Å². The van der Waals surface area contributed by atoms with Gasteiger partial charge in [0.25, 0.3) is 0 Å². The zero-order chi connectivity index (χ0) is 20.1. The summed E-state index contributed by atoms with van der Waals surface area (Å²) in [7, 11) is 0. The van der Waals surface area contributed by atoms with Gasteiger partial charge in [0.15, 0.2) is 6.29 Å². The fourth-order valence-corrected chi connectivity index (χ4v) is 4.35. The summed E-state index contributed by atoms with van der Waals surface area (Å²) in [6.45, 7) is 11.2. The van der Waals surface area contributed by atoms with Gasteiger partial charge in [-0.05, 0) is 68.6 Å². The predicted octanol–water partition coefficient (Wildman–Crippen LogP) is 7.39. The first-order valence-electron chi connectivity index (χ1n) is 9.83. The Bertz CT molecular complexity index is 1140. The lowest BCUT2D eigenvalue weighted by atomic mass is 9.80. The second-order valence-corrected chi connectivity index (χ2v) is 8.73. The van der Waals surface area contributed by atoms with Crippen LogP contribution in [-0.4, -0.2) is 6.29 Å². The lowest BCUT2D eigenvalue weighted by Gasteiger charge is -2.24. The van der Waals surface area contributed by atoms with Crippen LogP contribution in [0.5, 0.6) is 0 Å². The smallest absolute Gasteiger partial charge is 0.151 e. The Hall–Kier alpha value is -2.93. The van der Waals surface area contributed by atoms with Crippen molar-refractivity contribution < 1.29 is 4.79 Å². The van der Waals surface area contributed by atoms with Crippen LogP contribution in [0.3, 0.4) is 0 Å². The molecule has 1 heteroatoms. The van der Waals surface area contributed by atoms with Gasteiger partial charge >= 0.3 is 0 Å². The number of hydrogen-bond acceptors (Lipinski definition) is 1. The van der Waals surface area contributed by atoms with Crippen LogP contribution < -0.4 is 0 Å². The molecule has 0 aromatic heterocycles. The van der Waals surface area contributed by atoms with Crippen molar-refractivity contribution in [1.82, 2.24) is 0 Å². The van der Waals surface area contributed by atoms with Crippen LogP contribution in [0.2, 0.25) is 0 Å². The first-order chi connectivity index (χ1) is 13.3. The van der Waals surface area contributed by atoms with E-state index in [1.54, 1.807) is 0 Å². The van der Waals surface area contributed by atoms with Gasteiger partial charge in [-0.3, -0.25) is 4.79 Å². The molecule has 140 valence electrons. The molecule has 0 aliphatic heterocycles. The van der Waals surface area contributed by atoms with Crippen molar-refractivity contribution in [2.45, 2.75) is 40.0 Å². The van der Waals surface area contributed by atoms with Crippen LogP contribution >= 0.6 is 0 Å². The number of fused-ring (bicyclic) bond motifs is 2. The van der Waals surface area contributed by atoms with E-state index in [1.165, 1.54) is 27.8 Å². The average molecular weight is 367 g/mol. The molecule has 0 fully saturated rings. The SMILES string of the molecule is Cc1cc(C(C)(C)C)cc(C)c1-c1c2ccccc2c(C=O)c2ccccc12. The van der Waals surface area contributed by atoms with E-state index < -0.39 is 0 Å². The summed E-state index contributed by atoms with van der Waals surface area (Å²) >= 11 is 0. The lowest BCUT2D eigenvalue weighted by Crippen LogP contribution is -2.12. The molecule has 0 saturated carbocycles. The summed E-state index contributed by atoms with van der Waals surface area (Å²) in [6, 6.07) is 21.2. The molecule has 0 N–H and O–H groups in total. The first-order valence-corrected chi connectivity index (χ1v) is 9.83. The van der Waals surface area contributed by atoms with Crippen molar-refractivity contribution in [3.63, 3.8) is 0 Å². The van der Waals surface area contributed by atoms with E-state index in [9.17, 15) is 4.79 Å². The summed E-state index contributed by atoms with van der Waals surface area (Å²) in [6.07, 6.45) is 0.997. The van der Waals surface area contributed by atoms with Crippen LogP contribution in [0, 0.1) is 13.8 Å². The molecular formula is C27H26O. The standard InChI is InChI=1S/C27H26O/c1-17-14-19(27(3,4)5)15-18(2)25(17)26-22-12-8-6-10-20(22)24(16-28)21-11-7-9-13-23(21)26/h6-16H,1-5H3. The second kappa shape index (κ2) is 6.60. The van der Waals surface area contributed by atoms with Crippen molar-refractivity contribution >= 4 is 27.8 Å². The quantitative estimate of drug-likeness (QED) is 0.267. The average Bonchev–Trinajstić information content (AvgIpc) is 2.66. The maximum absolute atomic E-state index is 12.0. The number of rotatable bonds is 2. The van der Waals surface area contributed by atoms with Crippen LogP contribution in [0.25, 0.3) is 32.7 Å². The van der Waals surface area contributed by atoms with E-state index in [1.807, 2.05) is 12.1 Å². The van der Waals surface area contributed by atoms with Crippen LogP contribution in [0.15, 0.2) is 60.7 Å².